The maximum absolute atomic E-state index is 13.1. The largest absolute Gasteiger partial charge is 0.455 e. The zero-order chi connectivity index (χ0) is 18.8. The molecule has 4 nitrogen and oxygen atoms in total. The monoisotopic (exact) mass is 362 g/mol. The summed E-state index contributed by atoms with van der Waals surface area (Å²) in [4.78, 5) is 25.5. The van der Waals surface area contributed by atoms with E-state index in [0.717, 1.165) is 19.3 Å². The van der Waals surface area contributed by atoms with Gasteiger partial charge in [-0.25, -0.2) is 4.79 Å². The van der Waals surface area contributed by atoms with Crippen molar-refractivity contribution in [1.29, 1.82) is 0 Å². The molecule has 1 saturated heterocycles. The highest BCUT2D eigenvalue weighted by Gasteiger charge is 2.76. The second kappa shape index (κ2) is 7.36. The van der Waals surface area contributed by atoms with E-state index in [4.69, 9.17) is 9.47 Å². The smallest absolute Gasteiger partial charge is 0.351 e. The molecule has 0 aromatic carbocycles. The molecule has 0 amide bonds. The summed E-state index contributed by atoms with van der Waals surface area (Å²) in [6, 6.07) is 0. The van der Waals surface area contributed by atoms with E-state index in [0.29, 0.717) is 12.8 Å². The average molecular weight is 363 g/mol. The van der Waals surface area contributed by atoms with Crippen molar-refractivity contribution in [2.75, 3.05) is 0 Å². The SMILES string of the molecule is CC12CCC(C(=O)OC3/C=C\CCCCCCCCC3)(OC1=O)C2(C)C. The van der Waals surface area contributed by atoms with E-state index in [-0.39, 0.29) is 18.0 Å². The van der Waals surface area contributed by atoms with Crippen LogP contribution in [0, 0.1) is 10.8 Å². The van der Waals surface area contributed by atoms with Crippen molar-refractivity contribution in [2.24, 2.45) is 10.8 Å². The Hall–Kier alpha value is -1.32. The van der Waals surface area contributed by atoms with Crippen molar-refractivity contribution in [1.82, 2.24) is 0 Å². The van der Waals surface area contributed by atoms with Gasteiger partial charge in [-0.3, -0.25) is 4.79 Å². The Kier molecular flexibility index (Phi) is 5.50. The molecule has 0 N–H and O–H groups in total. The first kappa shape index (κ1) is 19.4. The summed E-state index contributed by atoms with van der Waals surface area (Å²) in [7, 11) is 0. The molecule has 3 rings (SSSR count). The molecule has 1 heterocycles. The molecule has 2 bridgehead atoms. The quantitative estimate of drug-likeness (QED) is 0.506. The third-order valence-electron chi connectivity index (χ3n) is 7.38. The highest BCUT2D eigenvalue weighted by Crippen LogP contribution is 2.65. The van der Waals surface area contributed by atoms with Gasteiger partial charge in [-0.2, -0.15) is 0 Å². The second-order valence-corrected chi connectivity index (χ2v) is 9.10. The van der Waals surface area contributed by atoms with Gasteiger partial charge in [0.1, 0.15) is 6.10 Å². The van der Waals surface area contributed by atoms with E-state index in [2.05, 4.69) is 6.08 Å². The van der Waals surface area contributed by atoms with E-state index in [1.807, 2.05) is 26.8 Å². The lowest BCUT2D eigenvalue weighted by Gasteiger charge is -2.35. The number of allylic oxidation sites excluding steroid dienone is 1. The van der Waals surface area contributed by atoms with Gasteiger partial charge in [-0.05, 0) is 51.5 Å². The molecule has 2 aliphatic carbocycles. The van der Waals surface area contributed by atoms with Crippen LogP contribution < -0.4 is 0 Å². The van der Waals surface area contributed by atoms with Gasteiger partial charge in [0.15, 0.2) is 0 Å². The van der Waals surface area contributed by atoms with Crippen molar-refractivity contribution < 1.29 is 19.1 Å². The molecule has 146 valence electrons. The first-order valence-electron chi connectivity index (χ1n) is 10.4. The molecular weight excluding hydrogens is 328 g/mol. The normalized spacial score (nSPS) is 38.7. The molecule has 1 saturated carbocycles. The molecule has 0 radical (unpaired) electrons. The summed E-state index contributed by atoms with van der Waals surface area (Å²) in [6.07, 6.45) is 15.8. The number of hydrogen-bond acceptors (Lipinski definition) is 4. The maximum Gasteiger partial charge on any atom is 0.351 e. The van der Waals surface area contributed by atoms with Crippen molar-refractivity contribution in [3.05, 3.63) is 12.2 Å². The van der Waals surface area contributed by atoms with Crippen molar-refractivity contribution >= 4 is 11.9 Å². The third-order valence-corrected chi connectivity index (χ3v) is 7.38. The van der Waals surface area contributed by atoms with Crippen molar-refractivity contribution in [3.8, 4) is 0 Å². The Labute approximate surface area is 157 Å². The zero-order valence-electron chi connectivity index (χ0n) is 16.6. The lowest BCUT2D eigenvalue weighted by molar-refractivity contribution is -0.185. The molecule has 1 aliphatic heterocycles. The zero-order valence-corrected chi connectivity index (χ0v) is 16.6. The van der Waals surface area contributed by atoms with Crippen LogP contribution in [-0.4, -0.2) is 23.6 Å². The summed E-state index contributed by atoms with van der Waals surface area (Å²) in [5, 5.41) is 0. The van der Waals surface area contributed by atoms with Crippen LogP contribution in [0.2, 0.25) is 0 Å². The van der Waals surface area contributed by atoms with E-state index >= 15 is 0 Å². The first-order valence-corrected chi connectivity index (χ1v) is 10.4. The van der Waals surface area contributed by atoms with E-state index in [1.165, 1.54) is 38.5 Å². The van der Waals surface area contributed by atoms with Crippen LogP contribution in [0.15, 0.2) is 12.2 Å². The fourth-order valence-electron chi connectivity index (χ4n) is 4.87. The molecule has 0 spiro atoms. The van der Waals surface area contributed by atoms with Gasteiger partial charge in [-0.15, -0.1) is 0 Å². The Balaban J connectivity index is 1.71. The number of esters is 2. The van der Waals surface area contributed by atoms with Gasteiger partial charge in [0.25, 0.3) is 0 Å². The minimum absolute atomic E-state index is 0.210. The predicted octanol–water partition coefficient (Wildman–Crippen LogP) is 5.10. The fraction of sp³-hybridized carbons (Fsp3) is 0.818. The molecule has 3 unspecified atom stereocenters. The van der Waals surface area contributed by atoms with E-state index in [1.54, 1.807) is 0 Å². The van der Waals surface area contributed by atoms with Gasteiger partial charge in [0.05, 0.1) is 5.41 Å². The number of carbonyl (C=O) groups excluding carboxylic acids is 2. The topological polar surface area (TPSA) is 52.6 Å². The van der Waals surface area contributed by atoms with E-state index < -0.39 is 16.4 Å². The van der Waals surface area contributed by atoms with E-state index in [9.17, 15) is 9.59 Å². The van der Waals surface area contributed by atoms with Crippen LogP contribution >= 0.6 is 0 Å². The van der Waals surface area contributed by atoms with Gasteiger partial charge in [-0.1, -0.05) is 52.0 Å². The Bertz CT molecular complexity index is 579. The highest BCUT2D eigenvalue weighted by atomic mass is 16.6. The fourth-order valence-corrected chi connectivity index (χ4v) is 4.87. The van der Waals surface area contributed by atoms with Crippen LogP contribution in [-0.2, 0) is 19.1 Å². The van der Waals surface area contributed by atoms with Crippen LogP contribution in [0.1, 0.15) is 91.4 Å². The van der Waals surface area contributed by atoms with Crippen LogP contribution in [0.4, 0.5) is 0 Å². The predicted molar refractivity (Wildman–Crippen MR) is 101 cm³/mol. The van der Waals surface area contributed by atoms with Crippen LogP contribution in [0.5, 0.6) is 0 Å². The molecule has 3 aliphatic rings. The van der Waals surface area contributed by atoms with Gasteiger partial charge in [0, 0.05) is 5.41 Å². The minimum Gasteiger partial charge on any atom is -0.455 e. The lowest BCUT2D eigenvalue weighted by Crippen LogP contribution is -2.49. The number of hydrogen-bond donors (Lipinski definition) is 0. The standard InChI is InChI=1S/C22H34O4/c1-20(2)21(3)15-16-22(20,26-18(21)23)19(24)25-17-13-11-9-7-5-4-6-8-10-12-14-17/h11,13,17H,4-10,12,14-16H2,1-3H3/b13-11-. The van der Waals surface area contributed by atoms with Crippen LogP contribution in [0.25, 0.3) is 0 Å². The molecular formula is C22H34O4. The lowest BCUT2D eigenvalue weighted by atomic mass is 9.66. The molecule has 4 heteroatoms. The summed E-state index contributed by atoms with van der Waals surface area (Å²) < 4.78 is 11.6. The third kappa shape index (κ3) is 3.10. The highest BCUT2D eigenvalue weighted by molar-refractivity contribution is 5.93. The maximum atomic E-state index is 13.1. The number of carbonyl (C=O) groups is 2. The van der Waals surface area contributed by atoms with Crippen LogP contribution in [0.3, 0.4) is 0 Å². The Morgan fingerprint density at radius 1 is 1.04 bits per heavy atom. The van der Waals surface area contributed by atoms with Crippen molar-refractivity contribution in [3.63, 3.8) is 0 Å². The number of rotatable bonds is 2. The number of ether oxygens (including phenoxy) is 2. The molecule has 0 aromatic rings. The average Bonchev–Trinajstić information content (AvgIpc) is 2.87. The molecule has 3 atom stereocenters. The summed E-state index contributed by atoms with van der Waals surface area (Å²) >= 11 is 0. The van der Waals surface area contributed by atoms with Gasteiger partial charge in [0.2, 0.25) is 5.60 Å². The summed E-state index contributed by atoms with van der Waals surface area (Å²) in [5.74, 6) is -0.598. The van der Waals surface area contributed by atoms with Gasteiger partial charge < -0.3 is 9.47 Å². The molecule has 0 aromatic heterocycles. The number of fused-ring (bicyclic) bond motifs is 2. The minimum atomic E-state index is -1.11. The Morgan fingerprint density at radius 3 is 2.31 bits per heavy atom. The van der Waals surface area contributed by atoms with Gasteiger partial charge >= 0.3 is 11.9 Å². The van der Waals surface area contributed by atoms with Crippen molar-refractivity contribution in [2.45, 2.75) is 103 Å². The summed E-state index contributed by atoms with van der Waals surface area (Å²) in [6.45, 7) is 5.87. The molecule has 26 heavy (non-hydrogen) atoms. The first-order chi connectivity index (χ1) is 12.3. The summed E-state index contributed by atoms with van der Waals surface area (Å²) in [5.41, 5.74) is -2.24. The Morgan fingerprint density at radius 2 is 1.69 bits per heavy atom. The second-order valence-electron chi connectivity index (χ2n) is 9.10. The molecule has 2 fully saturated rings.